The van der Waals surface area contributed by atoms with Crippen molar-refractivity contribution < 1.29 is 27.8 Å². The molecule has 2 saturated carbocycles. The lowest BCUT2D eigenvalue weighted by molar-refractivity contribution is -0.0548. The third kappa shape index (κ3) is 14.0. The normalized spacial score (nSPS) is 19.3. The van der Waals surface area contributed by atoms with Crippen LogP contribution in [0.25, 0.3) is 44.3 Å². The van der Waals surface area contributed by atoms with Crippen LogP contribution in [0.4, 0.5) is 8.78 Å². The first kappa shape index (κ1) is 57.6. The zero-order chi connectivity index (χ0) is 55.4. The van der Waals surface area contributed by atoms with Gasteiger partial charge < -0.3 is 9.47 Å². The Kier molecular flexibility index (Phi) is 19.5. The molecule has 0 bridgehead atoms. The van der Waals surface area contributed by atoms with Crippen LogP contribution >= 0.6 is 0 Å². The smallest absolute Gasteiger partial charge is 0.163 e. The lowest BCUT2D eigenvalue weighted by Crippen LogP contribution is -2.40. The van der Waals surface area contributed by atoms with Gasteiger partial charge in [-0.2, -0.15) is 10.2 Å². The molecule has 1 N–H and O–H groups in total. The van der Waals surface area contributed by atoms with E-state index in [0.717, 1.165) is 107 Å². The number of aryl methyl sites for hydroxylation is 3. The second-order valence-electron chi connectivity index (χ2n) is 22.0. The molecule has 0 aliphatic heterocycles. The van der Waals surface area contributed by atoms with Gasteiger partial charge in [-0.15, -0.1) is 0 Å². The summed E-state index contributed by atoms with van der Waals surface area (Å²) in [5, 5.41) is 14.2. The minimum atomic E-state index is -0.439. The lowest BCUT2D eigenvalue weighted by atomic mass is 9.73. The Bertz CT molecular complexity index is 3310. The number of fused-ring (bicyclic) bond motifs is 2. The first-order valence-corrected chi connectivity index (χ1v) is 30.6. The van der Waals surface area contributed by atoms with Crippen molar-refractivity contribution in [3.8, 4) is 22.5 Å². The van der Waals surface area contributed by atoms with Crippen LogP contribution in [0.1, 0.15) is 128 Å². The SMILES string of the molecule is CC[SiH](CC)CC.COC1(Cc2ccccc2F)CCCC(CC(=O)c2ccc3[nH]nc(-c4ccnc(C)c4)c3c2)C1.COC1(Cc2ccccc2F)CCCC(CC(=O)c2ccc3c(c2)c(-c2ccnc(C)c2)nn3C)C1. The Morgan fingerprint density at radius 3 is 1.62 bits per heavy atom. The molecule has 10 nitrogen and oxygen atoms in total. The number of methoxy groups -OCH3 is 2. The molecule has 2 aliphatic carbocycles. The highest BCUT2D eigenvalue weighted by atomic mass is 28.3. The molecule has 4 unspecified atom stereocenters. The fraction of sp³-hybridized carbons (Fsp3) is 0.415. The Morgan fingerprint density at radius 2 is 1.14 bits per heavy atom. The van der Waals surface area contributed by atoms with Gasteiger partial charge >= 0.3 is 0 Å². The Morgan fingerprint density at radius 1 is 0.654 bits per heavy atom. The number of benzene rings is 4. The number of hydrogen-bond donors (Lipinski definition) is 1. The average molecular weight is 1070 g/mol. The maximum Gasteiger partial charge on any atom is 0.163 e. The molecule has 4 aromatic carbocycles. The van der Waals surface area contributed by atoms with E-state index in [1.807, 2.05) is 111 Å². The Hall–Kier alpha value is -6.54. The second kappa shape index (κ2) is 26.4. The quantitative estimate of drug-likeness (QED) is 0.0706. The molecule has 0 saturated heterocycles. The number of pyridine rings is 2. The van der Waals surface area contributed by atoms with Crippen molar-refractivity contribution in [3.63, 3.8) is 0 Å². The molecule has 0 spiro atoms. The third-order valence-corrected chi connectivity index (χ3v) is 20.2. The number of ether oxygens (including phenoxy) is 2. The maximum atomic E-state index is 14.4. The number of halogens is 2. The van der Waals surface area contributed by atoms with Gasteiger partial charge in [0.1, 0.15) is 23.0 Å². The summed E-state index contributed by atoms with van der Waals surface area (Å²) in [6.45, 7) is 10.9. The summed E-state index contributed by atoms with van der Waals surface area (Å²) in [5.74, 6) is 0.246. The topological polar surface area (TPSA) is 125 Å². The first-order chi connectivity index (χ1) is 37.7. The highest BCUT2D eigenvalue weighted by Crippen LogP contribution is 2.42. The van der Waals surface area contributed by atoms with E-state index in [4.69, 9.17) is 14.6 Å². The van der Waals surface area contributed by atoms with E-state index >= 15 is 0 Å². The number of carbonyl (C=O) groups is 2. The second-order valence-corrected chi connectivity index (χ2v) is 26.2. The summed E-state index contributed by atoms with van der Waals surface area (Å²) in [5.41, 5.74) is 9.21. The summed E-state index contributed by atoms with van der Waals surface area (Å²) in [6, 6.07) is 37.7. The molecule has 4 aromatic heterocycles. The molecule has 4 atom stereocenters. The van der Waals surface area contributed by atoms with E-state index in [0.29, 0.717) is 47.9 Å². The molecule has 0 radical (unpaired) electrons. The molecule has 78 heavy (non-hydrogen) atoms. The lowest BCUT2D eigenvalue weighted by Gasteiger charge is -2.40. The highest BCUT2D eigenvalue weighted by molar-refractivity contribution is 6.58. The predicted octanol–water partition coefficient (Wildman–Crippen LogP) is 15.2. The Labute approximate surface area is 461 Å². The van der Waals surface area contributed by atoms with Crippen LogP contribution < -0.4 is 0 Å². The van der Waals surface area contributed by atoms with E-state index in [1.165, 1.54) is 30.3 Å². The van der Waals surface area contributed by atoms with Gasteiger partial charge in [-0.05, 0) is 148 Å². The number of ketones is 2. The number of aromatic amines is 1. The minimum absolute atomic E-state index is 0.118. The summed E-state index contributed by atoms with van der Waals surface area (Å²) >= 11 is 0. The third-order valence-electron chi connectivity index (χ3n) is 16.7. The van der Waals surface area contributed by atoms with Gasteiger partial charge in [0.2, 0.25) is 0 Å². The molecule has 4 heterocycles. The number of Topliss-reactive ketones (excluding diaryl/α,β-unsaturated/α-hetero) is 2. The zero-order valence-corrected chi connectivity index (χ0v) is 48.2. The van der Waals surface area contributed by atoms with Crippen LogP contribution in [0.15, 0.2) is 122 Å². The summed E-state index contributed by atoms with van der Waals surface area (Å²) in [6.07, 6.45) is 12.6. The van der Waals surface area contributed by atoms with E-state index in [2.05, 4.69) is 40.9 Å². The van der Waals surface area contributed by atoms with Crippen molar-refractivity contribution in [3.05, 3.63) is 167 Å². The van der Waals surface area contributed by atoms with Crippen LogP contribution in [0.3, 0.4) is 0 Å². The standard InChI is InChI=1S/C30H32FN3O2.C29H30FN3O2.C6H16Si/c1-20-15-23(12-14-32-20)29-25-17-22(10-11-27(25)34(2)33-29)28(35)16-21-7-6-13-30(18-21,36-3)19-24-8-4-5-9-26(24)31;1-19-14-22(11-13-31-19)28-24-16-21(9-10-26(24)32-33-28)27(34)15-20-6-5-12-29(17-20,35-2)18-23-7-3-4-8-25(23)30;1-4-7(5-2)6-3/h4-5,8-12,14-15,17,21H,6-7,13,16,18-19H2,1-3H3;3-4,7-11,13-14,16,20H,5-6,12,15,17-18H2,1-2H3,(H,32,33);7H,4-6H2,1-3H3. The number of H-pyrrole nitrogens is 1. The van der Waals surface area contributed by atoms with Crippen LogP contribution in [-0.2, 0) is 29.4 Å². The minimum Gasteiger partial charge on any atom is -0.378 e. The van der Waals surface area contributed by atoms with Gasteiger partial charge in [-0.1, -0.05) is 88.1 Å². The van der Waals surface area contributed by atoms with E-state index < -0.39 is 11.2 Å². The molecule has 2 aliphatic rings. The molecule has 13 heteroatoms. The summed E-state index contributed by atoms with van der Waals surface area (Å²) < 4.78 is 42.5. The summed E-state index contributed by atoms with van der Waals surface area (Å²) in [4.78, 5) is 35.4. The van der Waals surface area contributed by atoms with E-state index in [1.54, 1.807) is 38.7 Å². The van der Waals surface area contributed by atoms with Crippen molar-refractivity contribution in [2.24, 2.45) is 18.9 Å². The molecular formula is C65H78F2N6O4Si. The highest BCUT2D eigenvalue weighted by Gasteiger charge is 2.39. The first-order valence-electron chi connectivity index (χ1n) is 28.1. The van der Waals surface area contributed by atoms with Crippen molar-refractivity contribution in [1.29, 1.82) is 0 Å². The van der Waals surface area contributed by atoms with E-state index in [9.17, 15) is 18.4 Å². The van der Waals surface area contributed by atoms with Gasteiger partial charge in [0, 0.05) is 113 Å². The molecule has 2 fully saturated rings. The molecular weight excluding hydrogens is 995 g/mol. The molecule has 10 rings (SSSR count). The van der Waals surface area contributed by atoms with Gasteiger partial charge in [0.15, 0.2) is 11.6 Å². The maximum absolute atomic E-state index is 14.4. The number of carbonyl (C=O) groups excluding carboxylic acids is 2. The van der Waals surface area contributed by atoms with Crippen LogP contribution in [0.5, 0.6) is 0 Å². The monoisotopic (exact) mass is 1070 g/mol. The van der Waals surface area contributed by atoms with Gasteiger partial charge in [-0.25, -0.2) is 8.78 Å². The Balaban J connectivity index is 0.000000184. The molecule has 8 aromatic rings. The summed E-state index contributed by atoms with van der Waals surface area (Å²) in [7, 11) is 5.17. The largest absolute Gasteiger partial charge is 0.378 e. The van der Waals surface area contributed by atoms with Crippen molar-refractivity contribution in [2.75, 3.05) is 14.2 Å². The van der Waals surface area contributed by atoms with Crippen molar-refractivity contribution in [2.45, 2.75) is 141 Å². The van der Waals surface area contributed by atoms with E-state index in [-0.39, 0.29) is 43.8 Å². The fourth-order valence-electron chi connectivity index (χ4n) is 12.1. The van der Waals surface area contributed by atoms with Gasteiger partial charge in [0.05, 0.1) is 22.2 Å². The van der Waals surface area contributed by atoms with Crippen LogP contribution in [-0.4, -0.2) is 75.7 Å². The van der Waals surface area contributed by atoms with Crippen LogP contribution in [0, 0.1) is 37.3 Å². The van der Waals surface area contributed by atoms with Crippen LogP contribution in [0.2, 0.25) is 18.1 Å². The van der Waals surface area contributed by atoms with Gasteiger partial charge in [0.25, 0.3) is 0 Å². The molecule has 410 valence electrons. The van der Waals surface area contributed by atoms with Crippen molar-refractivity contribution in [1.82, 2.24) is 29.9 Å². The van der Waals surface area contributed by atoms with Crippen molar-refractivity contribution >= 4 is 42.2 Å². The number of nitrogens with zero attached hydrogens (tertiary/aromatic N) is 5. The number of aromatic nitrogens is 6. The fourth-order valence-corrected chi connectivity index (χ4v) is 13.9. The number of hydrogen-bond acceptors (Lipinski definition) is 8. The number of nitrogens with one attached hydrogen (secondary N) is 1. The predicted molar refractivity (Wildman–Crippen MR) is 313 cm³/mol. The van der Waals surface area contributed by atoms with Gasteiger partial charge in [-0.3, -0.25) is 29.3 Å². The zero-order valence-electron chi connectivity index (χ0n) is 47.0. The number of rotatable bonds is 17. The average Bonchev–Trinajstić information content (AvgIpc) is 4.06. The molecule has 0 amide bonds.